The standard InChI is InChI=1S/C15H16N4O2/c1-2-7-18-10-16-8-11(18)9-19-13-6-4-3-5-12(13)14(17-19)15(20)21/h3-6,8,10H,2,7,9H2,1H3,(H,20,21). The van der Waals surface area contributed by atoms with Gasteiger partial charge in [-0.1, -0.05) is 25.1 Å². The summed E-state index contributed by atoms with van der Waals surface area (Å²) in [4.78, 5) is 15.5. The summed E-state index contributed by atoms with van der Waals surface area (Å²) in [5.41, 5.74) is 1.92. The first-order valence-electron chi connectivity index (χ1n) is 6.88. The van der Waals surface area contributed by atoms with Gasteiger partial charge in [0.05, 0.1) is 30.3 Å². The largest absolute Gasteiger partial charge is 0.476 e. The zero-order valence-electron chi connectivity index (χ0n) is 11.7. The van der Waals surface area contributed by atoms with Crippen LogP contribution in [0, 0.1) is 0 Å². The number of carboxylic acid groups (broad SMARTS) is 1. The van der Waals surface area contributed by atoms with Gasteiger partial charge in [0.1, 0.15) is 0 Å². The number of hydrogen-bond acceptors (Lipinski definition) is 3. The number of benzene rings is 1. The van der Waals surface area contributed by atoms with Crippen molar-refractivity contribution in [3.63, 3.8) is 0 Å². The van der Waals surface area contributed by atoms with Crippen LogP contribution in [0.2, 0.25) is 0 Å². The monoisotopic (exact) mass is 284 g/mol. The molecule has 2 heterocycles. The van der Waals surface area contributed by atoms with Gasteiger partial charge < -0.3 is 9.67 Å². The number of aryl methyl sites for hydroxylation is 1. The van der Waals surface area contributed by atoms with Gasteiger partial charge in [-0.25, -0.2) is 9.78 Å². The van der Waals surface area contributed by atoms with E-state index in [0.29, 0.717) is 11.9 Å². The second-order valence-electron chi connectivity index (χ2n) is 4.91. The Balaban J connectivity index is 2.04. The van der Waals surface area contributed by atoms with Crippen molar-refractivity contribution >= 4 is 16.9 Å². The molecule has 108 valence electrons. The van der Waals surface area contributed by atoms with E-state index in [9.17, 15) is 9.90 Å². The zero-order valence-corrected chi connectivity index (χ0v) is 11.7. The molecule has 0 saturated heterocycles. The molecule has 3 aromatic rings. The fraction of sp³-hybridized carbons (Fsp3) is 0.267. The summed E-state index contributed by atoms with van der Waals surface area (Å²) in [6.45, 7) is 3.50. The molecule has 0 aliphatic rings. The minimum atomic E-state index is -1.01. The lowest BCUT2D eigenvalue weighted by molar-refractivity contribution is 0.0691. The van der Waals surface area contributed by atoms with Gasteiger partial charge in [-0.2, -0.15) is 5.10 Å². The van der Waals surface area contributed by atoms with Gasteiger partial charge in [-0.3, -0.25) is 4.68 Å². The fourth-order valence-electron chi connectivity index (χ4n) is 2.48. The van der Waals surface area contributed by atoms with Crippen LogP contribution in [0.1, 0.15) is 29.5 Å². The van der Waals surface area contributed by atoms with Crippen LogP contribution in [0.3, 0.4) is 0 Å². The van der Waals surface area contributed by atoms with Crippen LogP contribution >= 0.6 is 0 Å². The topological polar surface area (TPSA) is 72.9 Å². The van der Waals surface area contributed by atoms with Crippen LogP contribution in [-0.2, 0) is 13.1 Å². The van der Waals surface area contributed by atoms with Crippen molar-refractivity contribution in [1.82, 2.24) is 19.3 Å². The second kappa shape index (κ2) is 5.40. The third kappa shape index (κ3) is 2.40. The SMILES string of the molecule is CCCn1cncc1Cn1nc(C(=O)O)c2ccccc21. The molecule has 6 heteroatoms. The van der Waals surface area contributed by atoms with E-state index in [4.69, 9.17) is 0 Å². The van der Waals surface area contributed by atoms with Crippen molar-refractivity contribution in [3.8, 4) is 0 Å². The lowest BCUT2D eigenvalue weighted by atomic mass is 10.2. The number of carboxylic acids is 1. The molecule has 0 fully saturated rings. The number of fused-ring (bicyclic) bond motifs is 1. The smallest absolute Gasteiger partial charge is 0.357 e. The molecular weight excluding hydrogens is 268 g/mol. The highest BCUT2D eigenvalue weighted by atomic mass is 16.4. The summed E-state index contributed by atoms with van der Waals surface area (Å²) in [5.74, 6) is -1.01. The van der Waals surface area contributed by atoms with Crippen LogP contribution < -0.4 is 0 Å². The predicted molar refractivity (Wildman–Crippen MR) is 78.3 cm³/mol. The number of imidazole rings is 1. The quantitative estimate of drug-likeness (QED) is 0.780. The highest BCUT2D eigenvalue weighted by Gasteiger charge is 2.16. The van der Waals surface area contributed by atoms with Crippen LogP contribution in [0.15, 0.2) is 36.8 Å². The van der Waals surface area contributed by atoms with Crippen molar-refractivity contribution in [2.75, 3.05) is 0 Å². The molecule has 2 aromatic heterocycles. The molecule has 0 bridgehead atoms. The Morgan fingerprint density at radius 3 is 2.90 bits per heavy atom. The Hall–Kier alpha value is -2.63. The predicted octanol–water partition coefficient (Wildman–Crippen LogP) is 2.39. The summed E-state index contributed by atoms with van der Waals surface area (Å²) >= 11 is 0. The highest BCUT2D eigenvalue weighted by Crippen LogP contribution is 2.19. The minimum absolute atomic E-state index is 0.0900. The Morgan fingerprint density at radius 2 is 2.14 bits per heavy atom. The van der Waals surface area contributed by atoms with E-state index < -0.39 is 5.97 Å². The molecule has 1 N–H and O–H groups in total. The van der Waals surface area contributed by atoms with E-state index in [2.05, 4.69) is 21.6 Å². The molecule has 6 nitrogen and oxygen atoms in total. The number of carbonyl (C=O) groups is 1. The maximum absolute atomic E-state index is 11.3. The number of rotatable bonds is 5. The maximum Gasteiger partial charge on any atom is 0.357 e. The molecule has 1 aromatic carbocycles. The maximum atomic E-state index is 11.3. The molecule has 0 atom stereocenters. The highest BCUT2D eigenvalue weighted by molar-refractivity contribution is 6.01. The van der Waals surface area contributed by atoms with E-state index >= 15 is 0 Å². The Labute approximate surface area is 121 Å². The molecule has 0 aliphatic heterocycles. The van der Waals surface area contributed by atoms with Gasteiger partial charge in [-0.05, 0) is 12.5 Å². The van der Waals surface area contributed by atoms with E-state index in [1.165, 1.54) is 0 Å². The van der Waals surface area contributed by atoms with Crippen molar-refractivity contribution < 1.29 is 9.90 Å². The summed E-state index contributed by atoms with van der Waals surface area (Å²) in [7, 11) is 0. The number of aromatic carboxylic acids is 1. The zero-order chi connectivity index (χ0) is 14.8. The van der Waals surface area contributed by atoms with Gasteiger partial charge in [0.15, 0.2) is 5.69 Å². The van der Waals surface area contributed by atoms with Gasteiger partial charge in [0.2, 0.25) is 0 Å². The van der Waals surface area contributed by atoms with E-state index in [-0.39, 0.29) is 5.69 Å². The molecule has 0 aliphatic carbocycles. The first-order valence-corrected chi connectivity index (χ1v) is 6.88. The van der Waals surface area contributed by atoms with Gasteiger partial charge >= 0.3 is 5.97 Å². The Kier molecular flexibility index (Phi) is 3.43. The molecule has 0 amide bonds. The van der Waals surface area contributed by atoms with Crippen LogP contribution in [-0.4, -0.2) is 30.4 Å². The summed E-state index contributed by atoms with van der Waals surface area (Å²) in [6.07, 6.45) is 4.61. The molecule has 0 spiro atoms. The Bertz CT molecular complexity index is 788. The third-order valence-corrected chi connectivity index (χ3v) is 3.44. The lowest BCUT2D eigenvalue weighted by Gasteiger charge is -2.07. The van der Waals surface area contributed by atoms with E-state index in [1.807, 2.05) is 18.2 Å². The summed E-state index contributed by atoms with van der Waals surface area (Å²) in [5, 5.41) is 14.2. The summed E-state index contributed by atoms with van der Waals surface area (Å²) < 4.78 is 3.79. The van der Waals surface area contributed by atoms with Crippen molar-refractivity contribution in [1.29, 1.82) is 0 Å². The van der Waals surface area contributed by atoms with Gasteiger partial charge in [-0.15, -0.1) is 0 Å². The average Bonchev–Trinajstić information content (AvgIpc) is 3.06. The molecule has 0 saturated carbocycles. The van der Waals surface area contributed by atoms with Gasteiger partial charge in [0.25, 0.3) is 0 Å². The van der Waals surface area contributed by atoms with Crippen LogP contribution in [0.25, 0.3) is 10.9 Å². The number of hydrogen-bond donors (Lipinski definition) is 1. The van der Waals surface area contributed by atoms with Crippen molar-refractivity contribution in [3.05, 3.63) is 48.2 Å². The summed E-state index contributed by atoms with van der Waals surface area (Å²) in [6, 6.07) is 7.37. The fourth-order valence-corrected chi connectivity index (χ4v) is 2.48. The normalized spacial score (nSPS) is 11.1. The van der Waals surface area contributed by atoms with Crippen molar-refractivity contribution in [2.24, 2.45) is 0 Å². The second-order valence-corrected chi connectivity index (χ2v) is 4.91. The molecule has 0 radical (unpaired) electrons. The minimum Gasteiger partial charge on any atom is -0.476 e. The molecule has 0 unspecified atom stereocenters. The average molecular weight is 284 g/mol. The van der Waals surface area contributed by atoms with Crippen LogP contribution in [0.4, 0.5) is 0 Å². The van der Waals surface area contributed by atoms with E-state index in [1.54, 1.807) is 23.3 Å². The van der Waals surface area contributed by atoms with Crippen molar-refractivity contribution in [2.45, 2.75) is 26.4 Å². The first-order chi connectivity index (χ1) is 10.2. The molecule has 21 heavy (non-hydrogen) atoms. The number of para-hydroxylation sites is 1. The number of aromatic nitrogens is 4. The molecular formula is C15H16N4O2. The third-order valence-electron chi connectivity index (χ3n) is 3.44. The van der Waals surface area contributed by atoms with Crippen LogP contribution in [0.5, 0.6) is 0 Å². The van der Waals surface area contributed by atoms with Gasteiger partial charge in [0, 0.05) is 11.9 Å². The lowest BCUT2D eigenvalue weighted by Crippen LogP contribution is -2.09. The molecule has 3 rings (SSSR count). The first kappa shape index (κ1) is 13.4. The van der Waals surface area contributed by atoms with E-state index in [0.717, 1.165) is 24.2 Å². The number of nitrogens with zero attached hydrogens (tertiary/aromatic N) is 4. The Morgan fingerprint density at radius 1 is 1.33 bits per heavy atom.